The Kier molecular flexibility index (Phi) is 3280. The van der Waals surface area contributed by atoms with Crippen molar-refractivity contribution in [2.24, 2.45) is 0 Å². The van der Waals surface area contributed by atoms with Crippen LogP contribution in [0, 0.1) is 71.0 Å². The Morgan fingerprint density at radius 1 is 0.467 bits per heavy atom. The molecular formula is C6Co2FeN6-4. The topological polar surface area (TPSA) is 143 Å². The van der Waals surface area contributed by atoms with Gasteiger partial charge in [0.25, 0.3) is 0 Å². The van der Waals surface area contributed by atoms with Gasteiger partial charge in [0.1, 0.15) is 0 Å². The molecule has 0 N–H and O–H groups in total. The van der Waals surface area contributed by atoms with Crippen LogP contribution in [0.4, 0.5) is 0 Å². The third kappa shape index (κ3) is 586. The van der Waals surface area contributed by atoms with Crippen LogP contribution < -0.4 is 0 Å². The second-order valence-electron chi connectivity index (χ2n) is 0. The molecule has 0 atom stereocenters. The third-order valence-electron chi connectivity index (χ3n) is 0. The van der Waals surface area contributed by atoms with Gasteiger partial charge in [-0.05, 0) is 0 Å². The maximum absolute atomic E-state index is 6.25. The molecule has 0 aliphatic rings. The van der Waals surface area contributed by atoms with Crippen molar-refractivity contribution in [3.8, 4) is 0 Å². The van der Waals surface area contributed by atoms with Crippen molar-refractivity contribution >= 4 is 0 Å². The SMILES string of the molecule is [C-]#N.[C-]#N.[C-]#N.[C-]#N.[C-]#N.[C-]#N.[Co+2].[Fe]=[Co]. The second-order valence-corrected chi connectivity index (χ2v) is 0. The van der Waals surface area contributed by atoms with Crippen molar-refractivity contribution < 1.29 is 43.9 Å². The van der Waals surface area contributed by atoms with E-state index >= 15 is 0 Å². The zero-order chi connectivity index (χ0) is 14.0. The molecule has 84 valence electrons. The molecule has 0 aliphatic heterocycles. The van der Waals surface area contributed by atoms with E-state index < -0.39 is 0 Å². The molecule has 1 radical (unpaired) electrons. The van der Waals surface area contributed by atoms with Crippen molar-refractivity contribution in [2.45, 2.75) is 0 Å². The molecule has 0 aromatic carbocycles. The maximum atomic E-state index is 6.25. The summed E-state index contributed by atoms with van der Waals surface area (Å²) in [5.41, 5.74) is 0. The molecule has 0 unspecified atom stereocenters. The van der Waals surface area contributed by atoms with Gasteiger partial charge in [-0.1, -0.05) is 0 Å². The molecule has 15 heavy (non-hydrogen) atoms. The summed E-state index contributed by atoms with van der Waals surface area (Å²) in [5.74, 6) is 0. The van der Waals surface area contributed by atoms with Gasteiger partial charge in [-0.25, -0.2) is 0 Å². The Balaban J connectivity index is -0.00000000628. The molecule has 0 aliphatic carbocycles. The Bertz CT molecular complexity index is 112. The Morgan fingerprint density at radius 3 is 0.467 bits per heavy atom. The molecule has 0 fully saturated rings. The van der Waals surface area contributed by atoms with E-state index in [4.69, 9.17) is 71.0 Å². The van der Waals surface area contributed by atoms with Crippen LogP contribution in [0.5, 0.6) is 0 Å². The van der Waals surface area contributed by atoms with Crippen LogP contribution in [0.25, 0.3) is 0 Å². The van der Waals surface area contributed by atoms with E-state index in [1.165, 1.54) is 0 Å². The standard InChI is InChI=1S/6CN.2Co.Fe/c6*1-2;;;/q6*-1;;+2;. The van der Waals surface area contributed by atoms with Crippen molar-refractivity contribution in [1.82, 2.24) is 0 Å². The number of nitrogens with zero attached hydrogens (tertiary/aromatic N) is 6. The number of rotatable bonds is 0. The molecular weight excluding hydrogens is 330 g/mol. The molecule has 0 aromatic heterocycles. The van der Waals surface area contributed by atoms with Crippen molar-refractivity contribution in [3.63, 3.8) is 0 Å². The summed E-state index contributed by atoms with van der Waals surface area (Å²) in [6, 6.07) is 0. The van der Waals surface area contributed by atoms with Crippen LogP contribution in [0.15, 0.2) is 0 Å². The number of hydrogen-bond acceptors (Lipinski definition) is 6. The zero-order valence-corrected chi connectivity index (χ0v) is 9.89. The van der Waals surface area contributed by atoms with Crippen LogP contribution in [-0.2, 0) is 43.9 Å². The molecule has 9 heteroatoms. The molecule has 0 amide bonds. The molecule has 0 aromatic rings. The second kappa shape index (κ2) is 704. The first kappa shape index (κ1) is 70.0. The first-order chi connectivity index (χ1) is 7.00. The van der Waals surface area contributed by atoms with E-state index in [0.717, 1.165) is 0 Å². The summed E-state index contributed by atoms with van der Waals surface area (Å²) >= 11 is 6.25. The van der Waals surface area contributed by atoms with Crippen LogP contribution in [0.1, 0.15) is 0 Å². The Labute approximate surface area is 114 Å². The molecule has 0 rings (SSSR count). The summed E-state index contributed by atoms with van der Waals surface area (Å²) in [5, 5.41) is 37.5. The van der Waals surface area contributed by atoms with Gasteiger partial charge in [0.15, 0.2) is 0 Å². The fourth-order valence-corrected chi connectivity index (χ4v) is 0. The van der Waals surface area contributed by atoms with E-state index in [2.05, 4.69) is 27.1 Å². The minimum absolute atomic E-state index is 0. The molecule has 0 saturated carbocycles. The normalized spacial score (nSPS) is 1.20. The van der Waals surface area contributed by atoms with Crippen molar-refractivity contribution in [1.29, 1.82) is 31.6 Å². The van der Waals surface area contributed by atoms with Crippen LogP contribution in [0.3, 0.4) is 0 Å². The van der Waals surface area contributed by atoms with E-state index in [1.54, 1.807) is 0 Å². The molecule has 0 bridgehead atoms. The average Bonchev–Trinajstić information content (AvgIpc) is 2.45. The first-order valence-corrected chi connectivity index (χ1v) is 3.35. The van der Waals surface area contributed by atoms with E-state index in [1.807, 2.05) is 0 Å². The summed E-state index contributed by atoms with van der Waals surface area (Å²) in [6.45, 7) is 28.5. The molecule has 0 saturated heterocycles. The Morgan fingerprint density at radius 2 is 0.467 bits per heavy atom. The fraction of sp³-hybridized carbons (Fsp3) is 0. The van der Waals surface area contributed by atoms with E-state index in [9.17, 15) is 0 Å². The van der Waals surface area contributed by atoms with Gasteiger partial charge in [0.05, 0.1) is 0 Å². The third-order valence-corrected chi connectivity index (χ3v) is 0. The summed E-state index contributed by atoms with van der Waals surface area (Å²) in [7, 11) is 0. The van der Waals surface area contributed by atoms with Crippen molar-refractivity contribution in [3.05, 3.63) is 39.4 Å². The summed E-state index contributed by atoms with van der Waals surface area (Å²) < 4.78 is 0. The molecule has 0 spiro atoms. The predicted octanol–water partition coefficient (Wildman–Crippen LogP) is 0.571. The van der Waals surface area contributed by atoms with Crippen LogP contribution in [-0.4, -0.2) is 0 Å². The summed E-state index contributed by atoms with van der Waals surface area (Å²) in [6.07, 6.45) is 0. The zero-order valence-electron chi connectivity index (χ0n) is 6.70. The van der Waals surface area contributed by atoms with Crippen LogP contribution in [0.2, 0.25) is 0 Å². The van der Waals surface area contributed by atoms with E-state index in [0.29, 0.717) is 0 Å². The fourth-order valence-electron chi connectivity index (χ4n) is 0. The molecule has 0 heterocycles. The van der Waals surface area contributed by atoms with E-state index in [-0.39, 0.29) is 16.8 Å². The predicted molar refractivity (Wildman–Crippen MR) is 29.8 cm³/mol. The first-order valence-electron chi connectivity index (χ1n) is 1.46. The van der Waals surface area contributed by atoms with Crippen LogP contribution >= 0.6 is 0 Å². The van der Waals surface area contributed by atoms with Gasteiger partial charge in [-0.15, -0.1) is 0 Å². The molecule has 6 nitrogen and oxygen atoms in total. The Hall–Kier alpha value is -1.53. The van der Waals surface area contributed by atoms with Crippen molar-refractivity contribution in [2.75, 3.05) is 0 Å². The number of hydrogen-bond donors (Lipinski definition) is 0. The quantitative estimate of drug-likeness (QED) is 0.469. The van der Waals surface area contributed by atoms with Gasteiger partial charge < -0.3 is 71.0 Å². The average molecular weight is 330 g/mol. The van der Waals surface area contributed by atoms with Gasteiger partial charge in [0, 0.05) is 0 Å². The van der Waals surface area contributed by atoms with Gasteiger partial charge in [-0.3, -0.25) is 0 Å². The minimum atomic E-state index is 0. The van der Waals surface area contributed by atoms with Gasteiger partial charge >= 0.3 is 43.9 Å². The monoisotopic (exact) mass is 330 g/mol. The van der Waals surface area contributed by atoms with Gasteiger partial charge in [-0.2, -0.15) is 0 Å². The van der Waals surface area contributed by atoms with Gasteiger partial charge in [0.2, 0.25) is 0 Å². The summed E-state index contributed by atoms with van der Waals surface area (Å²) in [4.78, 5) is 0.